The second-order valence-electron chi connectivity index (χ2n) is 8.54. The van der Waals surface area contributed by atoms with E-state index in [2.05, 4.69) is 53.6 Å². The number of benzene rings is 2. The molecule has 0 radical (unpaired) electrons. The third-order valence-electron chi connectivity index (χ3n) is 6.53. The summed E-state index contributed by atoms with van der Waals surface area (Å²) in [5.74, 6) is 2.30. The van der Waals surface area contributed by atoms with Gasteiger partial charge in [-0.15, -0.1) is 0 Å². The minimum atomic E-state index is 0.0862. The van der Waals surface area contributed by atoms with Gasteiger partial charge in [0.05, 0.1) is 30.6 Å². The summed E-state index contributed by atoms with van der Waals surface area (Å²) in [5.41, 5.74) is 3.37. The number of methoxy groups -OCH3 is 1. The van der Waals surface area contributed by atoms with Gasteiger partial charge in [0.25, 0.3) is 0 Å². The van der Waals surface area contributed by atoms with Crippen LogP contribution in [-0.2, 0) is 17.9 Å². The third kappa shape index (κ3) is 4.80. The minimum absolute atomic E-state index is 0.0862. The molecule has 1 amide bonds. The molecular weight excluding hydrogens is 400 g/mol. The van der Waals surface area contributed by atoms with Gasteiger partial charge in [-0.25, -0.2) is 4.98 Å². The molecule has 0 spiro atoms. The average Bonchev–Trinajstić information content (AvgIpc) is 3.17. The molecule has 0 unspecified atom stereocenters. The summed E-state index contributed by atoms with van der Waals surface area (Å²) in [6, 6.07) is 16.5. The molecule has 0 bridgehead atoms. The summed E-state index contributed by atoms with van der Waals surface area (Å²) in [6.45, 7) is 9.01. The maximum absolute atomic E-state index is 12.9. The molecule has 1 fully saturated rings. The monoisotopic (exact) mass is 434 g/mol. The highest BCUT2D eigenvalue weighted by Gasteiger charge is 2.29. The lowest BCUT2D eigenvalue weighted by Crippen LogP contribution is -2.44. The fourth-order valence-corrected chi connectivity index (χ4v) is 4.73. The SMILES string of the molecule is CCN(CC)C(=O)[C@H]1CCCN(Cc2nc3ccccc3n2Cc2ccc(OC)cc2)C1. The molecule has 4 rings (SSSR count). The lowest BCUT2D eigenvalue weighted by molar-refractivity contribution is -0.137. The van der Waals surface area contributed by atoms with Crippen molar-refractivity contribution in [3.63, 3.8) is 0 Å². The molecule has 3 aromatic rings. The minimum Gasteiger partial charge on any atom is -0.497 e. The average molecular weight is 435 g/mol. The van der Waals surface area contributed by atoms with Crippen molar-refractivity contribution in [2.75, 3.05) is 33.3 Å². The number of aromatic nitrogens is 2. The van der Waals surface area contributed by atoms with E-state index in [1.165, 1.54) is 5.56 Å². The first kappa shape index (κ1) is 22.3. The van der Waals surface area contributed by atoms with Crippen molar-refractivity contribution in [2.45, 2.75) is 39.8 Å². The molecule has 1 saturated heterocycles. The predicted molar refractivity (Wildman–Crippen MR) is 128 cm³/mol. The Hall–Kier alpha value is -2.86. The number of piperidine rings is 1. The van der Waals surface area contributed by atoms with Crippen LogP contribution in [0.15, 0.2) is 48.5 Å². The van der Waals surface area contributed by atoms with Crippen LogP contribution in [0.1, 0.15) is 38.1 Å². The molecule has 32 heavy (non-hydrogen) atoms. The Morgan fingerprint density at radius 3 is 2.56 bits per heavy atom. The van der Waals surface area contributed by atoms with Crippen molar-refractivity contribution in [3.05, 3.63) is 59.9 Å². The Bertz CT molecular complexity index is 1040. The molecule has 0 N–H and O–H groups in total. The van der Waals surface area contributed by atoms with Crippen LogP contribution in [0.3, 0.4) is 0 Å². The van der Waals surface area contributed by atoms with Gasteiger partial charge in [-0.1, -0.05) is 24.3 Å². The zero-order chi connectivity index (χ0) is 22.5. The first-order chi connectivity index (χ1) is 15.6. The van der Waals surface area contributed by atoms with Gasteiger partial charge in [0.1, 0.15) is 11.6 Å². The van der Waals surface area contributed by atoms with Crippen molar-refractivity contribution in [3.8, 4) is 5.75 Å². The van der Waals surface area contributed by atoms with Crippen LogP contribution in [0.25, 0.3) is 11.0 Å². The van der Waals surface area contributed by atoms with E-state index >= 15 is 0 Å². The molecule has 6 heteroatoms. The summed E-state index contributed by atoms with van der Waals surface area (Å²) in [4.78, 5) is 22.3. The van der Waals surface area contributed by atoms with Crippen LogP contribution in [0.2, 0.25) is 0 Å². The van der Waals surface area contributed by atoms with E-state index in [0.717, 1.165) is 74.7 Å². The van der Waals surface area contributed by atoms with Gasteiger partial charge >= 0.3 is 0 Å². The number of para-hydroxylation sites is 2. The second kappa shape index (κ2) is 10.2. The van der Waals surface area contributed by atoms with E-state index in [1.54, 1.807) is 7.11 Å². The van der Waals surface area contributed by atoms with Crippen LogP contribution in [0.5, 0.6) is 5.75 Å². The molecule has 1 atom stereocenters. The molecule has 2 aromatic carbocycles. The summed E-state index contributed by atoms with van der Waals surface area (Å²) in [7, 11) is 1.69. The molecule has 1 aromatic heterocycles. The largest absolute Gasteiger partial charge is 0.497 e. The van der Waals surface area contributed by atoms with Gasteiger partial charge in [-0.2, -0.15) is 0 Å². The van der Waals surface area contributed by atoms with E-state index in [0.29, 0.717) is 5.91 Å². The maximum Gasteiger partial charge on any atom is 0.226 e. The van der Waals surface area contributed by atoms with Crippen molar-refractivity contribution in [1.29, 1.82) is 0 Å². The van der Waals surface area contributed by atoms with Crippen LogP contribution < -0.4 is 4.74 Å². The zero-order valence-electron chi connectivity index (χ0n) is 19.5. The number of rotatable bonds is 8. The zero-order valence-corrected chi connectivity index (χ0v) is 19.5. The first-order valence-electron chi connectivity index (χ1n) is 11.7. The smallest absolute Gasteiger partial charge is 0.226 e. The topological polar surface area (TPSA) is 50.6 Å². The predicted octanol–water partition coefficient (Wildman–Crippen LogP) is 4.17. The number of carbonyl (C=O) groups excluding carboxylic acids is 1. The fourth-order valence-electron chi connectivity index (χ4n) is 4.73. The van der Waals surface area contributed by atoms with Gasteiger partial charge < -0.3 is 14.2 Å². The van der Waals surface area contributed by atoms with Crippen LogP contribution in [0.4, 0.5) is 0 Å². The molecule has 170 valence electrons. The third-order valence-corrected chi connectivity index (χ3v) is 6.53. The number of hydrogen-bond donors (Lipinski definition) is 0. The van der Waals surface area contributed by atoms with Crippen LogP contribution in [-0.4, -0.2) is 58.5 Å². The number of carbonyl (C=O) groups is 1. The fraction of sp³-hybridized carbons (Fsp3) is 0.462. The van der Waals surface area contributed by atoms with Crippen LogP contribution in [0, 0.1) is 5.92 Å². The van der Waals surface area contributed by atoms with Gasteiger partial charge in [0, 0.05) is 26.2 Å². The molecule has 6 nitrogen and oxygen atoms in total. The van der Waals surface area contributed by atoms with Crippen molar-refractivity contribution >= 4 is 16.9 Å². The Balaban J connectivity index is 1.56. The maximum atomic E-state index is 12.9. The highest BCUT2D eigenvalue weighted by Crippen LogP contribution is 2.24. The normalized spacial score (nSPS) is 16.9. The second-order valence-corrected chi connectivity index (χ2v) is 8.54. The number of fused-ring (bicyclic) bond motifs is 1. The van der Waals surface area contributed by atoms with Gasteiger partial charge in [-0.05, 0) is 63.1 Å². The number of likely N-dealkylation sites (tertiary alicyclic amines) is 1. The van der Waals surface area contributed by atoms with Crippen LogP contribution >= 0.6 is 0 Å². The molecule has 1 aliphatic rings. The highest BCUT2D eigenvalue weighted by molar-refractivity contribution is 5.79. The van der Waals surface area contributed by atoms with Gasteiger partial charge in [-0.3, -0.25) is 9.69 Å². The lowest BCUT2D eigenvalue weighted by atomic mass is 9.96. The van der Waals surface area contributed by atoms with Gasteiger partial charge in [0.15, 0.2) is 0 Å². The first-order valence-corrected chi connectivity index (χ1v) is 11.7. The highest BCUT2D eigenvalue weighted by atomic mass is 16.5. The Morgan fingerprint density at radius 2 is 1.84 bits per heavy atom. The molecule has 0 saturated carbocycles. The standard InChI is InChI=1S/C26H34N4O2/c1-4-29(5-2)26(31)21-9-8-16-28(18-21)19-25-27-23-10-6-7-11-24(23)30(25)17-20-12-14-22(32-3)15-13-20/h6-7,10-15,21H,4-5,8-9,16-19H2,1-3H3/t21-/m0/s1. The summed E-state index contributed by atoms with van der Waals surface area (Å²) in [5, 5.41) is 0. The van der Waals surface area contributed by atoms with Crippen molar-refractivity contribution < 1.29 is 9.53 Å². The van der Waals surface area contributed by atoms with Crippen molar-refractivity contribution in [2.24, 2.45) is 5.92 Å². The van der Waals surface area contributed by atoms with Crippen molar-refractivity contribution in [1.82, 2.24) is 19.4 Å². The van der Waals surface area contributed by atoms with E-state index in [9.17, 15) is 4.79 Å². The van der Waals surface area contributed by atoms with E-state index in [4.69, 9.17) is 9.72 Å². The summed E-state index contributed by atoms with van der Waals surface area (Å²) >= 11 is 0. The molecule has 1 aliphatic heterocycles. The number of imidazole rings is 1. The number of nitrogens with zero attached hydrogens (tertiary/aromatic N) is 4. The molecule has 0 aliphatic carbocycles. The number of hydrogen-bond acceptors (Lipinski definition) is 4. The lowest BCUT2D eigenvalue weighted by Gasteiger charge is -2.34. The van der Waals surface area contributed by atoms with E-state index < -0.39 is 0 Å². The summed E-state index contributed by atoms with van der Waals surface area (Å²) < 4.78 is 7.62. The number of amides is 1. The summed E-state index contributed by atoms with van der Waals surface area (Å²) in [6.07, 6.45) is 2.03. The van der Waals surface area contributed by atoms with E-state index in [1.807, 2.05) is 23.1 Å². The quantitative estimate of drug-likeness (QED) is 0.534. The Kier molecular flexibility index (Phi) is 7.10. The Labute approximate surface area is 190 Å². The van der Waals surface area contributed by atoms with E-state index in [-0.39, 0.29) is 5.92 Å². The van der Waals surface area contributed by atoms with Gasteiger partial charge in [0.2, 0.25) is 5.91 Å². The molecular formula is C26H34N4O2. The number of ether oxygens (including phenoxy) is 1. The Morgan fingerprint density at radius 1 is 1.09 bits per heavy atom. The molecule has 2 heterocycles.